The average molecular weight is 237 g/mol. The molecule has 1 aromatic heterocycles. The average Bonchev–Trinajstić information content (AvgIpc) is 2.89. The van der Waals surface area contributed by atoms with E-state index in [9.17, 15) is 0 Å². The van der Waals surface area contributed by atoms with Crippen molar-refractivity contribution >= 4 is 11.6 Å². The fourth-order valence-electron chi connectivity index (χ4n) is 1.66. The minimum Gasteiger partial charge on any atom is -0.323 e. The Bertz CT molecular complexity index is 618. The summed E-state index contributed by atoms with van der Waals surface area (Å²) in [7, 11) is 0. The molecule has 0 aliphatic rings. The van der Waals surface area contributed by atoms with Crippen LogP contribution in [-0.4, -0.2) is 20.2 Å². The van der Waals surface area contributed by atoms with Crippen molar-refractivity contribution in [3.05, 3.63) is 60.7 Å². The first-order valence-corrected chi connectivity index (χ1v) is 5.59. The van der Waals surface area contributed by atoms with Gasteiger partial charge in [-0.05, 0) is 34.7 Å². The van der Waals surface area contributed by atoms with E-state index >= 15 is 0 Å². The van der Waals surface area contributed by atoms with Crippen LogP contribution in [0.25, 0.3) is 5.69 Å². The van der Waals surface area contributed by atoms with Gasteiger partial charge in [-0.3, -0.25) is 0 Å². The molecule has 0 radical (unpaired) electrons. The van der Waals surface area contributed by atoms with Gasteiger partial charge in [0.25, 0.3) is 5.95 Å². The molecule has 0 bridgehead atoms. The van der Waals surface area contributed by atoms with Crippen LogP contribution in [0, 0.1) is 0 Å². The first-order valence-electron chi connectivity index (χ1n) is 5.59. The minimum atomic E-state index is 0.590. The molecule has 0 fully saturated rings. The first-order chi connectivity index (χ1) is 8.93. The number of para-hydroxylation sites is 2. The Hall–Kier alpha value is -2.69. The maximum absolute atomic E-state index is 3.98. The molecule has 0 saturated carbocycles. The van der Waals surface area contributed by atoms with Crippen LogP contribution in [0.2, 0.25) is 0 Å². The number of rotatable bonds is 3. The van der Waals surface area contributed by atoms with Crippen molar-refractivity contribution in [3.63, 3.8) is 0 Å². The molecule has 0 atom stereocenters. The van der Waals surface area contributed by atoms with Gasteiger partial charge in [-0.2, -0.15) is 4.68 Å². The SMILES string of the molecule is c1ccc(Nc2nnnn2-c2ccccc2)cc1. The van der Waals surface area contributed by atoms with Crippen LogP contribution >= 0.6 is 0 Å². The van der Waals surface area contributed by atoms with Gasteiger partial charge in [-0.25, -0.2) is 0 Å². The first kappa shape index (κ1) is 10.5. The molecule has 3 aromatic rings. The highest BCUT2D eigenvalue weighted by Gasteiger charge is 2.07. The predicted octanol–water partition coefficient (Wildman–Crippen LogP) is 2.41. The molecular formula is C13H11N5. The third kappa shape index (κ3) is 2.06. The van der Waals surface area contributed by atoms with Crippen molar-refractivity contribution in [3.8, 4) is 5.69 Å². The Morgan fingerprint density at radius 3 is 2.22 bits per heavy atom. The van der Waals surface area contributed by atoms with E-state index in [-0.39, 0.29) is 0 Å². The summed E-state index contributed by atoms with van der Waals surface area (Å²) in [6, 6.07) is 19.6. The monoisotopic (exact) mass is 237 g/mol. The molecule has 0 spiro atoms. The lowest BCUT2D eigenvalue weighted by molar-refractivity contribution is 0.791. The van der Waals surface area contributed by atoms with E-state index in [2.05, 4.69) is 20.8 Å². The summed E-state index contributed by atoms with van der Waals surface area (Å²) in [5, 5.41) is 14.8. The zero-order chi connectivity index (χ0) is 12.2. The second-order valence-corrected chi connectivity index (χ2v) is 3.74. The van der Waals surface area contributed by atoms with Crippen LogP contribution in [0.5, 0.6) is 0 Å². The second-order valence-electron chi connectivity index (χ2n) is 3.74. The van der Waals surface area contributed by atoms with Crippen molar-refractivity contribution in [2.24, 2.45) is 0 Å². The Morgan fingerprint density at radius 1 is 0.833 bits per heavy atom. The molecule has 5 heteroatoms. The lowest BCUT2D eigenvalue weighted by atomic mass is 10.3. The highest BCUT2D eigenvalue weighted by Crippen LogP contribution is 2.15. The van der Waals surface area contributed by atoms with E-state index in [0.29, 0.717) is 5.95 Å². The highest BCUT2D eigenvalue weighted by molar-refractivity contribution is 5.54. The molecule has 0 aliphatic heterocycles. The summed E-state index contributed by atoms with van der Waals surface area (Å²) in [5.74, 6) is 0.590. The Labute approximate surface area is 104 Å². The Morgan fingerprint density at radius 2 is 1.50 bits per heavy atom. The molecule has 0 amide bonds. The number of hydrogen-bond donors (Lipinski definition) is 1. The fraction of sp³-hybridized carbons (Fsp3) is 0. The van der Waals surface area contributed by atoms with Gasteiger partial charge in [-0.15, -0.1) is 0 Å². The number of benzene rings is 2. The summed E-state index contributed by atoms with van der Waals surface area (Å²) in [4.78, 5) is 0. The van der Waals surface area contributed by atoms with Crippen molar-refractivity contribution in [1.82, 2.24) is 20.2 Å². The van der Waals surface area contributed by atoms with Crippen LogP contribution in [0.15, 0.2) is 60.7 Å². The van der Waals surface area contributed by atoms with Crippen LogP contribution in [0.4, 0.5) is 11.6 Å². The number of aromatic nitrogens is 4. The number of hydrogen-bond acceptors (Lipinski definition) is 4. The van der Waals surface area contributed by atoms with Crippen LogP contribution in [0.1, 0.15) is 0 Å². The molecule has 0 aliphatic carbocycles. The molecule has 2 aromatic carbocycles. The van der Waals surface area contributed by atoms with Gasteiger partial charge in [0.1, 0.15) is 0 Å². The molecule has 0 unspecified atom stereocenters. The standard InChI is InChI=1S/C13H11N5/c1-3-7-11(8-4-1)14-13-15-16-17-18(13)12-9-5-2-6-10-12/h1-10H,(H,14,15,17). The lowest BCUT2D eigenvalue weighted by Gasteiger charge is -2.06. The minimum absolute atomic E-state index is 0.590. The van der Waals surface area contributed by atoms with Gasteiger partial charge in [0.05, 0.1) is 5.69 Å². The smallest absolute Gasteiger partial charge is 0.252 e. The van der Waals surface area contributed by atoms with Gasteiger partial charge in [0, 0.05) is 5.69 Å². The summed E-state index contributed by atoms with van der Waals surface area (Å²) >= 11 is 0. The molecule has 3 rings (SSSR count). The summed E-state index contributed by atoms with van der Waals surface area (Å²) < 4.78 is 1.66. The van der Waals surface area contributed by atoms with Crippen molar-refractivity contribution in [1.29, 1.82) is 0 Å². The molecule has 5 nitrogen and oxygen atoms in total. The third-order valence-electron chi connectivity index (χ3n) is 2.50. The van der Waals surface area contributed by atoms with Gasteiger partial charge in [0.2, 0.25) is 0 Å². The van der Waals surface area contributed by atoms with Crippen LogP contribution in [-0.2, 0) is 0 Å². The van der Waals surface area contributed by atoms with Crippen molar-refractivity contribution < 1.29 is 0 Å². The van der Waals surface area contributed by atoms with E-state index in [4.69, 9.17) is 0 Å². The Balaban J connectivity index is 1.93. The van der Waals surface area contributed by atoms with E-state index in [1.807, 2.05) is 60.7 Å². The highest BCUT2D eigenvalue weighted by atomic mass is 15.6. The van der Waals surface area contributed by atoms with E-state index < -0.39 is 0 Å². The fourth-order valence-corrected chi connectivity index (χ4v) is 1.66. The molecule has 1 heterocycles. The van der Waals surface area contributed by atoms with Gasteiger partial charge in [0.15, 0.2) is 0 Å². The van der Waals surface area contributed by atoms with Gasteiger partial charge in [-0.1, -0.05) is 41.5 Å². The summed E-state index contributed by atoms with van der Waals surface area (Å²) in [6.07, 6.45) is 0. The third-order valence-corrected chi connectivity index (χ3v) is 2.50. The Kier molecular flexibility index (Phi) is 2.71. The van der Waals surface area contributed by atoms with E-state index in [1.54, 1.807) is 4.68 Å². The largest absolute Gasteiger partial charge is 0.323 e. The number of anilines is 2. The molecule has 0 saturated heterocycles. The summed E-state index contributed by atoms with van der Waals surface area (Å²) in [6.45, 7) is 0. The topological polar surface area (TPSA) is 55.6 Å². The lowest BCUT2D eigenvalue weighted by Crippen LogP contribution is -2.02. The van der Waals surface area contributed by atoms with Gasteiger partial charge >= 0.3 is 0 Å². The van der Waals surface area contributed by atoms with Crippen molar-refractivity contribution in [2.45, 2.75) is 0 Å². The zero-order valence-electron chi connectivity index (χ0n) is 9.56. The molecular weight excluding hydrogens is 226 g/mol. The molecule has 88 valence electrons. The number of nitrogens with one attached hydrogen (secondary N) is 1. The summed E-state index contributed by atoms with van der Waals surface area (Å²) in [5.41, 5.74) is 1.87. The van der Waals surface area contributed by atoms with Crippen LogP contribution in [0.3, 0.4) is 0 Å². The second kappa shape index (κ2) is 4.67. The number of tetrazole rings is 1. The maximum Gasteiger partial charge on any atom is 0.252 e. The maximum atomic E-state index is 3.98. The van der Waals surface area contributed by atoms with E-state index in [0.717, 1.165) is 11.4 Å². The zero-order valence-corrected chi connectivity index (χ0v) is 9.56. The number of nitrogens with zero attached hydrogens (tertiary/aromatic N) is 4. The van der Waals surface area contributed by atoms with Crippen molar-refractivity contribution in [2.75, 3.05) is 5.32 Å². The normalized spacial score (nSPS) is 10.2. The quantitative estimate of drug-likeness (QED) is 0.760. The van der Waals surface area contributed by atoms with E-state index in [1.165, 1.54) is 0 Å². The van der Waals surface area contributed by atoms with Gasteiger partial charge < -0.3 is 5.32 Å². The predicted molar refractivity (Wildman–Crippen MR) is 68.9 cm³/mol. The molecule has 18 heavy (non-hydrogen) atoms. The van der Waals surface area contributed by atoms with Crippen LogP contribution < -0.4 is 5.32 Å². The molecule has 1 N–H and O–H groups in total.